The molecule has 4 rings (SSSR count). The minimum absolute atomic E-state index is 0.0457. The third-order valence-electron chi connectivity index (χ3n) is 8.22. The number of nitrogens with zero attached hydrogens (tertiary/aromatic N) is 1. The molecule has 24 heavy (non-hydrogen) atoms. The highest BCUT2D eigenvalue weighted by Crippen LogP contribution is 2.65. The molecule has 2 saturated carbocycles. The summed E-state index contributed by atoms with van der Waals surface area (Å²) in [6, 6.07) is 0. The van der Waals surface area contributed by atoms with Gasteiger partial charge in [0, 0.05) is 37.2 Å². The fraction of sp³-hybridized carbons (Fsp3) is 0.800. The highest BCUT2D eigenvalue weighted by atomic mass is 16.4. The van der Waals surface area contributed by atoms with E-state index in [1.807, 2.05) is 6.08 Å². The SMILES string of the molecule is CN1C[C@@H]2[C@@H](CC[C@]3(C)C(C(=O)O)CC[C@@H]23)[C@@]2(C)CCC(=O)C=C12. The van der Waals surface area contributed by atoms with Crippen molar-refractivity contribution in [3.05, 3.63) is 11.8 Å². The number of likely N-dealkylation sites (tertiary alicyclic amines) is 1. The van der Waals surface area contributed by atoms with Crippen LogP contribution in [0.4, 0.5) is 0 Å². The zero-order chi connectivity index (χ0) is 17.3. The zero-order valence-corrected chi connectivity index (χ0v) is 15.0. The van der Waals surface area contributed by atoms with E-state index in [1.165, 1.54) is 5.70 Å². The average Bonchev–Trinajstić information content (AvgIpc) is 2.87. The van der Waals surface area contributed by atoms with Gasteiger partial charge in [-0.2, -0.15) is 0 Å². The molecule has 132 valence electrons. The molecule has 1 heterocycles. The first kappa shape index (κ1) is 16.2. The van der Waals surface area contributed by atoms with Crippen LogP contribution in [0.1, 0.15) is 52.4 Å². The summed E-state index contributed by atoms with van der Waals surface area (Å²) >= 11 is 0. The normalized spacial score (nSPS) is 47.5. The summed E-state index contributed by atoms with van der Waals surface area (Å²) in [4.78, 5) is 26.0. The Morgan fingerprint density at radius 1 is 1.21 bits per heavy atom. The molecule has 0 radical (unpaired) electrons. The lowest BCUT2D eigenvalue weighted by Crippen LogP contribution is -2.57. The van der Waals surface area contributed by atoms with Gasteiger partial charge in [0.05, 0.1) is 5.92 Å². The third kappa shape index (κ3) is 1.98. The van der Waals surface area contributed by atoms with Crippen LogP contribution in [0.15, 0.2) is 11.8 Å². The van der Waals surface area contributed by atoms with E-state index in [-0.39, 0.29) is 22.5 Å². The van der Waals surface area contributed by atoms with Crippen molar-refractivity contribution in [3.63, 3.8) is 0 Å². The summed E-state index contributed by atoms with van der Waals surface area (Å²) in [5.41, 5.74) is 1.28. The first-order valence-corrected chi connectivity index (χ1v) is 9.46. The molecule has 0 spiro atoms. The van der Waals surface area contributed by atoms with Crippen LogP contribution >= 0.6 is 0 Å². The molecule has 3 aliphatic carbocycles. The first-order chi connectivity index (χ1) is 11.3. The van der Waals surface area contributed by atoms with E-state index in [2.05, 4.69) is 25.8 Å². The van der Waals surface area contributed by atoms with Gasteiger partial charge in [-0.15, -0.1) is 0 Å². The molecule has 0 aromatic carbocycles. The molecular formula is C20H29NO3. The third-order valence-corrected chi connectivity index (χ3v) is 8.22. The summed E-state index contributed by atoms with van der Waals surface area (Å²) in [6.45, 7) is 5.56. The van der Waals surface area contributed by atoms with Crippen LogP contribution < -0.4 is 0 Å². The Morgan fingerprint density at radius 3 is 2.67 bits per heavy atom. The lowest BCUT2D eigenvalue weighted by molar-refractivity contribution is -0.150. The maximum absolute atomic E-state index is 11.9. The molecule has 4 heteroatoms. The Bertz CT molecular complexity index is 626. The molecule has 3 fully saturated rings. The Balaban J connectivity index is 1.71. The molecule has 1 N–H and O–H groups in total. The standard InChI is InChI=1S/C20H29NO3/c1-19-9-7-15-13(14(19)4-5-16(19)18(23)24)11-21(3)17-10-12(22)6-8-20(15,17)2/h10,13-16H,4-9,11H2,1-3H3,(H,23,24)/t13-,14-,15+,16?,19-,20+/m0/s1. The predicted molar refractivity (Wildman–Crippen MR) is 91.2 cm³/mol. The van der Waals surface area contributed by atoms with Crippen LogP contribution in [0, 0.1) is 34.5 Å². The molecule has 1 aliphatic heterocycles. The van der Waals surface area contributed by atoms with E-state index in [0.29, 0.717) is 24.2 Å². The van der Waals surface area contributed by atoms with E-state index in [4.69, 9.17) is 0 Å². The molecule has 4 nitrogen and oxygen atoms in total. The number of fused-ring (bicyclic) bond motifs is 5. The number of carbonyl (C=O) groups is 2. The van der Waals surface area contributed by atoms with E-state index >= 15 is 0 Å². The molecular weight excluding hydrogens is 302 g/mol. The molecule has 0 amide bonds. The molecule has 6 atom stereocenters. The van der Waals surface area contributed by atoms with Gasteiger partial charge in [-0.25, -0.2) is 0 Å². The van der Waals surface area contributed by atoms with Gasteiger partial charge in [-0.05, 0) is 55.3 Å². The Kier molecular flexibility index (Phi) is 3.43. The van der Waals surface area contributed by atoms with Crippen molar-refractivity contribution >= 4 is 11.8 Å². The van der Waals surface area contributed by atoms with E-state index < -0.39 is 5.97 Å². The van der Waals surface area contributed by atoms with Crippen LogP contribution in [0.2, 0.25) is 0 Å². The van der Waals surface area contributed by atoms with Crippen molar-refractivity contribution in [2.45, 2.75) is 52.4 Å². The largest absolute Gasteiger partial charge is 0.481 e. The van der Waals surface area contributed by atoms with Crippen molar-refractivity contribution in [2.24, 2.45) is 34.5 Å². The van der Waals surface area contributed by atoms with Gasteiger partial charge in [-0.3, -0.25) is 9.59 Å². The van der Waals surface area contributed by atoms with Crippen LogP contribution in [0.3, 0.4) is 0 Å². The van der Waals surface area contributed by atoms with Gasteiger partial charge >= 0.3 is 5.97 Å². The second-order valence-electron chi connectivity index (χ2n) is 9.18. The highest BCUT2D eigenvalue weighted by Gasteiger charge is 2.61. The van der Waals surface area contributed by atoms with Gasteiger partial charge in [0.1, 0.15) is 0 Å². The van der Waals surface area contributed by atoms with Crippen LogP contribution in [-0.2, 0) is 9.59 Å². The zero-order valence-electron chi connectivity index (χ0n) is 15.0. The monoisotopic (exact) mass is 331 g/mol. The lowest BCUT2D eigenvalue weighted by atomic mass is 9.49. The van der Waals surface area contributed by atoms with E-state index in [1.54, 1.807) is 0 Å². The number of carboxylic acids is 1. The lowest BCUT2D eigenvalue weighted by Gasteiger charge is -2.60. The van der Waals surface area contributed by atoms with Gasteiger partial charge < -0.3 is 10.0 Å². The van der Waals surface area contributed by atoms with Crippen molar-refractivity contribution in [2.75, 3.05) is 13.6 Å². The van der Waals surface area contributed by atoms with Crippen LogP contribution in [0.5, 0.6) is 0 Å². The molecule has 4 aliphatic rings. The minimum Gasteiger partial charge on any atom is -0.481 e. The highest BCUT2D eigenvalue weighted by molar-refractivity contribution is 5.91. The number of rotatable bonds is 1. The number of hydrogen-bond acceptors (Lipinski definition) is 3. The van der Waals surface area contributed by atoms with Crippen LogP contribution in [-0.4, -0.2) is 35.4 Å². The summed E-state index contributed by atoms with van der Waals surface area (Å²) in [6.07, 6.45) is 7.53. The fourth-order valence-corrected chi connectivity index (χ4v) is 6.98. The Morgan fingerprint density at radius 2 is 1.96 bits per heavy atom. The number of aliphatic carboxylic acids is 1. The molecule has 0 bridgehead atoms. The fourth-order valence-electron chi connectivity index (χ4n) is 6.98. The summed E-state index contributed by atoms with van der Waals surface area (Å²) in [5.74, 6) is 1.16. The number of ketones is 1. The molecule has 0 aromatic rings. The number of hydrogen-bond donors (Lipinski definition) is 1. The number of allylic oxidation sites excluding steroid dienone is 2. The summed E-state index contributed by atoms with van der Waals surface area (Å²) in [5, 5.41) is 9.68. The number of carboxylic acid groups (broad SMARTS) is 1. The number of piperidine rings is 1. The number of carbonyl (C=O) groups excluding carboxylic acids is 1. The summed E-state index contributed by atoms with van der Waals surface area (Å²) in [7, 11) is 2.12. The Hall–Kier alpha value is -1.32. The second kappa shape index (κ2) is 5.09. The molecule has 1 saturated heterocycles. The van der Waals surface area contributed by atoms with Crippen molar-refractivity contribution < 1.29 is 14.7 Å². The summed E-state index contributed by atoms with van der Waals surface area (Å²) < 4.78 is 0. The maximum atomic E-state index is 11.9. The van der Waals surface area contributed by atoms with E-state index in [9.17, 15) is 14.7 Å². The minimum atomic E-state index is -0.599. The van der Waals surface area contributed by atoms with Gasteiger partial charge in [0.2, 0.25) is 0 Å². The first-order valence-electron chi connectivity index (χ1n) is 9.46. The predicted octanol–water partition coefficient (Wildman–Crippen LogP) is 3.33. The van der Waals surface area contributed by atoms with Gasteiger partial charge in [0.25, 0.3) is 0 Å². The second-order valence-corrected chi connectivity index (χ2v) is 9.18. The smallest absolute Gasteiger partial charge is 0.307 e. The molecule has 1 unspecified atom stereocenters. The van der Waals surface area contributed by atoms with Crippen LogP contribution in [0.25, 0.3) is 0 Å². The maximum Gasteiger partial charge on any atom is 0.307 e. The van der Waals surface area contributed by atoms with Gasteiger partial charge in [0.15, 0.2) is 5.78 Å². The van der Waals surface area contributed by atoms with Crippen molar-refractivity contribution in [1.82, 2.24) is 4.90 Å². The van der Waals surface area contributed by atoms with Crippen molar-refractivity contribution in [1.29, 1.82) is 0 Å². The average molecular weight is 331 g/mol. The topological polar surface area (TPSA) is 57.6 Å². The molecule has 0 aromatic heterocycles. The van der Waals surface area contributed by atoms with Crippen molar-refractivity contribution in [3.8, 4) is 0 Å². The van der Waals surface area contributed by atoms with E-state index in [0.717, 1.165) is 38.6 Å². The van der Waals surface area contributed by atoms with Gasteiger partial charge in [-0.1, -0.05) is 13.8 Å². The quantitative estimate of drug-likeness (QED) is 0.801. The Labute approximate surface area is 144 Å².